The zero-order chi connectivity index (χ0) is 21.9. The fourth-order valence-electron chi connectivity index (χ4n) is 4.38. The molecule has 2 atom stereocenters. The highest BCUT2D eigenvalue weighted by atomic mass is 19.1. The van der Waals surface area contributed by atoms with Crippen LogP contribution in [0.3, 0.4) is 0 Å². The van der Waals surface area contributed by atoms with Gasteiger partial charge < -0.3 is 10.2 Å². The Labute approximate surface area is 178 Å². The molecule has 0 radical (unpaired) electrons. The van der Waals surface area contributed by atoms with Crippen LogP contribution in [-0.4, -0.2) is 35.8 Å². The summed E-state index contributed by atoms with van der Waals surface area (Å²) in [7, 11) is 0. The van der Waals surface area contributed by atoms with Crippen molar-refractivity contribution in [2.75, 3.05) is 13.1 Å². The largest absolute Gasteiger partial charge is 0.340 e. The van der Waals surface area contributed by atoms with E-state index in [4.69, 9.17) is 0 Å². The molecule has 160 valence electrons. The molecule has 0 aliphatic carbocycles. The van der Waals surface area contributed by atoms with Crippen molar-refractivity contribution in [3.63, 3.8) is 0 Å². The molecule has 1 unspecified atom stereocenters. The van der Waals surface area contributed by atoms with Crippen molar-refractivity contribution < 1.29 is 14.0 Å². The van der Waals surface area contributed by atoms with Gasteiger partial charge in [-0.3, -0.25) is 9.59 Å². The molecule has 0 spiro atoms. The van der Waals surface area contributed by atoms with Gasteiger partial charge in [-0.05, 0) is 53.5 Å². The zero-order valence-electron chi connectivity index (χ0n) is 18.2. The molecule has 0 aromatic heterocycles. The van der Waals surface area contributed by atoms with Gasteiger partial charge in [0, 0.05) is 18.7 Å². The second kappa shape index (κ2) is 8.99. The molecular formula is C25H31FN2O2. The number of likely N-dealkylation sites (tertiary alicyclic amines) is 1. The highest BCUT2D eigenvalue weighted by Crippen LogP contribution is 2.42. The highest BCUT2D eigenvalue weighted by molar-refractivity contribution is 5.97. The normalized spacial score (nSPS) is 19.4. The number of hydrogen-bond acceptors (Lipinski definition) is 2. The maximum Gasteiger partial charge on any atom is 0.251 e. The van der Waals surface area contributed by atoms with Crippen LogP contribution in [-0.2, 0) is 4.79 Å². The van der Waals surface area contributed by atoms with Crippen LogP contribution in [0.25, 0.3) is 0 Å². The van der Waals surface area contributed by atoms with Gasteiger partial charge in [-0.1, -0.05) is 58.0 Å². The van der Waals surface area contributed by atoms with E-state index in [9.17, 15) is 14.0 Å². The number of hydrogen-bond donors (Lipinski definition) is 1. The first-order valence-corrected chi connectivity index (χ1v) is 10.6. The Morgan fingerprint density at radius 1 is 1.07 bits per heavy atom. The molecule has 1 fully saturated rings. The van der Waals surface area contributed by atoms with E-state index < -0.39 is 6.04 Å². The zero-order valence-corrected chi connectivity index (χ0v) is 18.2. The van der Waals surface area contributed by atoms with Gasteiger partial charge in [-0.15, -0.1) is 0 Å². The van der Waals surface area contributed by atoms with Crippen LogP contribution in [0.4, 0.5) is 4.39 Å². The first-order valence-electron chi connectivity index (χ1n) is 10.6. The van der Waals surface area contributed by atoms with Crippen molar-refractivity contribution in [2.24, 2.45) is 11.3 Å². The third-order valence-electron chi connectivity index (χ3n) is 6.07. The van der Waals surface area contributed by atoms with Gasteiger partial charge in [0.15, 0.2) is 0 Å². The van der Waals surface area contributed by atoms with Gasteiger partial charge in [0.1, 0.15) is 11.9 Å². The Balaban J connectivity index is 1.72. The molecule has 30 heavy (non-hydrogen) atoms. The third kappa shape index (κ3) is 4.89. The molecule has 4 nitrogen and oxygen atoms in total. The molecule has 0 bridgehead atoms. The summed E-state index contributed by atoms with van der Waals surface area (Å²) < 4.78 is 13.3. The maximum absolute atomic E-state index is 13.3. The Hall–Kier alpha value is -2.69. The Morgan fingerprint density at radius 3 is 2.27 bits per heavy atom. The van der Waals surface area contributed by atoms with Gasteiger partial charge in [-0.25, -0.2) is 4.39 Å². The molecule has 1 heterocycles. The van der Waals surface area contributed by atoms with Crippen molar-refractivity contribution in [3.8, 4) is 0 Å². The van der Waals surface area contributed by atoms with E-state index in [1.54, 1.807) is 12.1 Å². The second-order valence-corrected chi connectivity index (χ2v) is 9.20. The Kier molecular flexibility index (Phi) is 6.59. The molecule has 3 rings (SSSR count). The Morgan fingerprint density at radius 2 is 1.70 bits per heavy atom. The molecule has 1 aliphatic heterocycles. The molecule has 5 heteroatoms. The lowest BCUT2D eigenvalue weighted by Gasteiger charge is -2.45. The number of piperidine rings is 1. The molecule has 2 amide bonds. The van der Waals surface area contributed by atoms with Crippen LogP contribution in [0.1, 0.15) is 56.0 Å². The van der Waals surface area contributed by atoms with Gasteiger partial charge in [0.25, 0.3) is 5.91 Å². The summed E-state index contributed by atoms with van der Waals surface area (Å²) in [4.78, 5) is 27.8. The van der Waals surface area contributed by atoms with E-state index in [1.165, 1.54) is 12.1 Å². The number of amides is 2. The molecule has 1 saturated heterocycles. The number of nitrogens with one attached hydrogen (secondary N) is 1. The van der Waals surface area contributed by atoms with E-state index in [0.717, 1.165) is 12.0 Å². The topological polar surface area (TPSA) is 49.4 Å². The average molecular weight is 411 g/mol. The number of nitrogens with zero attached hydrogens (tertiary/aromatic N) is 1. The third-order valence-corrected chi connectivity index (χ3v) is 6.07. The van der Waals surface area contributed by atoms with Crippen LogP contribution in [0.2, 0.25) is 0 Å². The van der Waals surface area contributed by atoms with Gasteiger partial charge >= 0.3 is 0 Å². The SMILES string of the molecule is CC(C)[C@@H](NC(=O)c1ccccc1)C(=O)N1CCC(c2ccc(F)cc2)C(C)(C)C1. The summed E-state index contributed by atoms with van der Waals surface area (Å²) in [5, 5.41) is 2.93. The van der Waals surface area contributed by atoms with Crippen molar-refractivity contribution in [1.29, 1.82) is 0 Å². The fourth-order valence-corrected chi connectivity index (χ4v) is 4.38. The van der Waals surface area contributed by atoms with E-state index in [0.29, 0.717) is 18.7 Å². The number of benzene rings is 2. The average Bonchev–Trinajstić information content (AvgIpc) is 2.72. The highest BCUT2D eigenvalue weighted by Gasteiger charge is 2.40. The summed E-state index contributed by atoms with van der Waals surface area (Å²) >= 11 is 0. The van der Waals surface area contributed by atoms with Crippen molar-refractivity contribution in [1.82, 2.24) is 10.2 Å². The number of rotatable bonds is 5. The number of halogens is 1. The minimum Gasteiger partial charge on any atom is -0.340 e. The van der Waals surface area contributed by atoms with E-state index in [-0.39, 0.29) is 34.9 Å². The lowest BCUT2D eigenvalue weighted by molar-refractivity contribution is -0.137. The number of carbonyl (C=O) groups excluding carboxylic acids is 2. The van der Waals surface area contributed by atoms with E-state index >= 15 is 0 Å². The molecule has 1 aliphatic rings. The molecule has 1 N–H and O–H groups in total. The Bertz CT molecular complexity index is 878. The predicted molar refractivity (Wildman–Crippen MR) is 117 cm³/mol. The molecule has 2 aromatic carbocycles. The van der Waals surface area contributed by atoms with Gasteiger partial charge in [0.05, 0.1) is 0 Å². The predicted octanol–water partition coefficient (Wildman–Crippen LogP) is 4.62. The smallest absolute Gasteiger partial charge is 0.251 e. The summed E-state index contributed by atoms with van der Waals surface area (Å²) in [6.07, 6.45) is 0.807. The summed E-state index contributed by atoms with van der Waals surface area (Å²) in [5.41, 5.74) is 1.49. The van der Waals surface area contributed by atoms with Crippen LogP contribution in [0.5, 0.6) is 0 Å². The minimum absolute atomic E-state index is 0.0249. The van der Waals surface area contributed by atoms with Crippen LogP contribution < -0.4 is 5.32 Å². The summed E-state index contributed by atoms with van der Waals surface area (Å²) in [6, 6.07) is 15.1. The monoisotopic (exact) mass is 410 g/mol. The second-order valence-electron chi connectivity index (χ2n) is 9.20. The number of carbonyl (C=O) groups is 2. The summed E-state index contributed by atoms with van der Waals surface area (Å²) in [6.45, 7) is 9.41. The molecular weight excluding hydrogens is 379 g/mol. The van der Waals surface area contributed by atoms with Crippen molar-refractivity contribution >= 4 is 11.8 Å². The van der Waals surface area contributed by atoms with Gasteiger partial charge in [0.2, 0.25) is 5.91 Å². The fraction of sp³-hybridized carbons (Fsp3) is 0.440. The van der Waals surface area contributed by atoms with E-state index in [1.807, 2.05) is 49.1 Å². The van der Waals surface area contributed by atoms with Crippen molar-refractivity contribution in [3.05, 3.63) is 71.5 Å². The first-order chi connectivity index (χ1) is 14.2. The standard InChI is InChI=1S/C25H31FN2O2/c1-17(2)22(27-23(29)19-8-6-5-7-9-19)24(30)28-15-14-21(25(3,4)16-28)18-10-12-20(26)13-11-18/h5-13,17,21-22H,14-16H2,1-4H3,(H,27,29)/t21?,22-/m1/s1. The van der Waals surface area contributed by atoms with E-state index in [2.05, 4.69) is 19.2 Å². The maximum atomic E-state index is 13.3. The lowest BCUT2D eigenvalue weighted by Crippen LogP contribution is -2.55. The minimum atomic E-state index is -0.573. The van der Waals surface area contributed by atoms with Crippen molar-refractivity contribution in [2.45, 2.75) is 46.1 Å². The van der Waals surface area contributed by atoms with Crippen LogP contribution in [0, 0.1) is 17.2 Å². The van der Waals surface area contributed by atoms with Crippen LogP contribution in [0.15, 0.2) is 54.6 Å². The first kappa shape index (κ1) is 22.0. The lowest BCUT2D eigenvalue weighted by atomic mass is 9.70. The molecule has 2 aromatic rings. The summed E-state index contributed by atoms with van der Waals surface area (Å²) in [5.74, 6) is -0.289. The molecule has 0 saturated carbocycles. The quantitative estimate of drug-likeness (QED) is 0.782. The van der Waals surface area contributed by atoms with Gasteiger partial charge in [-0.2, -0.15) is 0 Å². The van der Waals surface area contributed by atoms with Crippen LogP contribution >= 0.6 is 0 Å².